The summed E-state index contributed by atoms with van der Waals surface area (Å²) in [6.45, 7) is 1.22. The zero-order valence-electron chi connectivity index (χ0n) is 8.81. The van der Waals surface area contributed by atoms with Crippen LogP contribution in [0.2, 0.25) is 0 Å². The van der Waals surface area contributed by atoms with Gasteiger partial charge >= 0.3 is 5.97 Å². The van der Waals surface area contributed by atoms with Crippen LogP contribution in [0.15, 0.2) is 18.2 Å². The number of carboxylic acid groups (broad SMARTS) is 1. The van der Waals surface area contributed by atoms with Crippen molar-refractivity contribution in [1.82, 2.24) is 0 Å². The predicted octanol–water partition coefficient (Wildman–Crippen LogP) is 0.828. The molecule has 1 aromatic rings. The molecular weight excluding hydrogens is 229 g/mol. The highest BCUT2D eigenvalue weighted by molar-refractivity contribution is 6.52. The van der Waals surface area contributed by atoms with E-state index in [1.165, 1.54) is 19.1 Å². The minimum Gasteiger partial charge on any atom is -0.480 e. The van der Waals surface area contributed by atoms with E-state index in [2.05, 4.69) is 0 Å². The summed E-state index contributed by atoms with van der Waals surface area (Å²) >= 11 is 0. The molecule has 1 aliphatic rings. The van der Waals surface area contributed by atoms with Crippen LogP contribution >= 0.6 is 0 Å². The molecule has 88 valence electrons. The van der Waals surface area contributed by atoms with Crippen molar-refractivity contribution in [2.75, 3.05) is 4.90 Å². The molecule has 0 saturated carbocycles. The van der Waals surface area contributed by atoms with Crippen LogP contribution in [0, 0.1) is 5.82 Å². The molecule has 0 bridgehead atoms. The second-order valence-corrected chi connectivity index (χ2v) is 3.65. The summed E-state index contributed by atoms with van der Waals surface area (Å²) in [5, 5.41) is 8.84. The molecule has 0 fully saturated rings. The first kappa shape index (κ1) is 11.3. The summed E-state index contributed by atoms with van der Waals surface area (Å²) in [6, 6.07) is 2.39. The van der Waals surface area contributed by atoms with Crippen molar-refractivity contribution in [2.24, 2.45) is 0 Å². The Morgan fingerprint density at radius 1 is 1.41 bits per heavy atom. The van der Waals surface area contributed by atoms with Gasteiger partial charge in [0.15, 0.2) is 0 Å². The average molecular weight is 237 g/mol. The van der Waals surface area contributed by atoms with Crippen LogP contribution < -0.4 is 4.90 Å². The number of benzene rings is 1. The topological polar surface area (TPSA) is 74.7 Å². The van der Waals surface area contributed by atoms with Gasteiger partial charge in [-0.1, -0.05) is 6.07 Å². The zero-order chi connectivity index (χ0) is 12.7. The van der Waals surface area contributed by atoms with Gasteiger partial charge in [0, 0.05) is 0 Å². The van der Waals surface area contributed by atoms with Crippen molar-refractivity contribution < 1.29 is 23.9 Å². The van der Waals surface area contributed by atoms with Crippen molar-refractivity contribution >= 4 is 23.3 Å². The van der Waals surface area contributed by atoms with Gasteiger partial charge in [0.1, 0.15) is 11.9 Å². The van der Waals surface area contributed by atoms with Crippen LogP contribution in [0.25, 0.3) is 0 Å². The summed E-state index contributed by atoms with van der Waals surface area (Å²) in [6.07, 6.45) is 0. The Kier molecular flexibility index (Phi) is 2.42. The molecule has 1 aromatic carbocycles. The molecular formula is C11H8FNO4. The van der Waals surface area contributed by atoms with Crippen molar-refractivity contribution in [1.29, 1.82) is 0 Å². The Hall–Kier alpha value is -2.24. The molecule has 2 rings (SSSR count). The molecule has 1 atom stereocenters. The van der Waals surface area contributed by atoms with E-state index >= 15 is 0 Å². The number of nitrogens with zero attached hydrogens (tertiary/aromatic N) is 1. The van der Waals surface area contributed by atoms with Crippen LogP contribution in [0.5, 0.6) is 0 Å². The molecule has 0 aromatic heterocycles. The smallest absolute Gasteiger partial charge is 0.326 e. The van der Waals surface area contributed by atoms with E-state index in [-0.39, 0.29) is 11.3 Å². The van der Waals surface area contributed by atoms with Crippen LogP contribution in [0.4, 0.5) is 10.1 Å². The molecule has 1 amide bonds. The Balaban J connectivity index is 2.62. The van der Waals surface area contributed by atoms with E-state index in [4.69, 9.17) is 5.11 Å². The van der Waals surface area contributed by atoms with Gasteiger partial charge in [0.25, 0.3) is 11.7 Å². The van der Waals surface area contributed by atoms with Crippen LogP contribution in [-0.4, -0.2) is 28.8 Å². The van der Waals surface area contributed by atoms with E-state index in [1.54, 1.807) is 0 Å². The number of anilines is 1. The third-order valence-electron chi connectivity index (χ3n) is 2.63. The lowest BCUT2D eigenvalue weighted by atomic mass is 10.1. The van der Waals surface area contributed by atoms with E-state index in [0.717, 1.165) is 6.07 Å². The minimum absolute atomic E-state index is 0.0944. The minimum atomic E-state index is -1.30. The fourth-order valence-corrected chi connectivity index (χ4v) is 1.75. The number of para-hydroxylation sites is 1. The quantitative estimate of drug-likeness (QED) is 0.773. The molecule has 1 heterocycles. The number of carbonyl (C=O) groups excluding carboxylic acids is 2. The lowest BCUT2D eigenvalue weighted by molar-refractivity contribution is -0.139. The molecule has 0 radical (unpaired) electrons. The third-order valence-corrected chi connectivity index (χ3v) is 2.63. The number of ketones is 1. The molecule has 0 unspecified atom stereocenters. The summed E-state index contributed by atoms with van der Waals surface area (Å²) in [4.78, 5) is 34.7. The maximum absolute atomic E-state index is 13.6. The van der Waals surface area contributed by atoms with Gasteiger partial charge < -0.3 is 5.11 Å². The maximum atomic E-state index is 13.6. The average Bonchev–Trinajstić information content (AvgIpc) is 2.53. The van der Waals surface area contributed by atoms with E-state index in [0.29, 0.717) is 4.90 Å². The summed E-state index contributed by atoms with van der Waals surface area (Å²) in [5.74, 6) is -3.98. The molecule has 0 aliphatic carbocycles. The number of amides is 1. The van der Waals surface area contributed by atoms with Crippen molar-refractivity contribution in [3.63, 3.8) is 0 Å². The van der Waals surface area contributed by atoms with Crippen molar-refractivity contribution in [2.45, 2.75) is 13.0 Å². The lowest BCUT2D eigenvalue weighted by Crippen LogP contribution is -2.42. The molecule has 5 nitrogen and oxygen atoms in total. The SMILES string of the molecule is C[C@H](C(=O)O)N1C(=O)C(=O)c2cccc(F)c21. The normalized spacial score (nSPS) is 16.0. The first-order chi connectivity index (χ1) is 7.95. The Morgan fingerprint density at radius 2 is 2.06 bits per heavy atom. The number of hydrogen-bond acceptors (Lipinski definition) is 3. The number of carboxylic acids is 1. The molecule has 0 saturated heterocycles. The Bertz CT molecular complexity index is 540. The van der Waals surface area contributed by atoms with E-state index in [1.807, 2.05) is 0 Å². The van der Waals surface area contributed by atoms with Gasteiger partial charge in [0.2, 0.25) is 0 Å². The standard InChI is InChI=1S/C11H8FNO4/c1-5(11(16)17)13-8-6(9(14)10(13)15)3-2-4-7(8)12/h2-5H,1H3,(H,16,17)/t5-/m1/s1. The molecule has 1 aliphatic heterocycles. The first-order valence-corrected chi connectivity index (χ1v) is 4.84. The highest BCUT2D eigenvalue weighted by atomic mass is 19.1. The van der Waals surface area contributed by atoms with Gasteiger partial charge in [-0.05, 0) is 19.1 Å². The number of aliphatic carboxylic acids is 1. The molecule has 17 heavy (non-hydrogen) atoms. The van der Waals surface area contributed by atoms with Gasteiger partial charge in [-0.3, -0.25) is 14.5 Å². The summed E-state index contributed by atoms with van der Waals surface area (Å²) < 4.78 is 13.6. The number of rotatable bonds is 2. The van der Waals surface area contributed by atoms with Crippen LogP contribution in [0.1, 0.15) is 17.3 Å². The van der Waals surface area contributed by atoms with Gasteiger partial charge in [-0.15, -0.1) is 0 Å². The first-order valence-electron chi connectivity index (χ1n) is 4.84. The number of hydrogen-bond donors (Lipinski definition) is 1. The van der Waals surface area contributed by atoms with Crippen molar-refractivity contribution in [3.05, 3.63) is 29.6 Å². The summed E-state index contributed by atoms with van der Waals surface area (Å²) in [7, 11) is 0. The number of Topliss-reactive ketones (excluding diaryl/α,β-unsaturated/α-hetero) is 1. The summed E-state index contributed by atoms with van der Waals surface area (Å²) in [5.41, 5.74) is -0.347. The zero-order valence-corrected chi connectivity index (χ0v) is 8.81. The third kappa shape index (κ3) is 1.49. The van der Waals surface area contributed by atoms with Crippen LogP contribution in [0.3, 0.4) is 0 Å². The van der Waals surface area contributed by atoms with Gasteiger partial charge in [-0.2, -0.15) is 0 Å². The largest absolute Gasteiger partial charge is 0.480 e. The second-order valence-electron chi connectivity index (χ2n) is 3.65. The second kappa shape index (κ2) is 3.65. The highest BCUT2D eigenvalue weighted by Gasteiger charge is 2.42. The monoisotopic (exact) mass is 237 g/mol. The van der Waals surface area contributed by atoms with Gasteiger partial charge in [0.05, 0.1) is 11.3 Å². The number of carbonyl (C=O) groups is 3. The van der Waals surface area contributed by atoms with E-state index in [9.17, 15) is 18.8 Å². The highest BCUT2D eigenvalue weighted by Crippen LogP contribution is 2.33. The lowest BCUT2D eigenvalue weighted by Gasteiger charge is -2.21. The van der Waals surface area contributed by atoms with E-state index < -0.39 is 29.5 Å². The van der Waals surface area contributed by atoms with Crippen molar-refractivity contribution in [3.8, 4) is 0 Å². The molecule has 1 N–H and O–H groups in total. The number of fused-ring (bicyclic) bond motifs is 1. The number of halogens is 1. The fourth-order valence-electron chi connectivity index (χ4n) is 1.75. The van der Waals surface area contributed by atoms with Gasteiger partial charge in [-0.25, -0.2) is 9.18 Å². The maximum Gasteiger partial charge on any atom is 0.326 e. The molecule has 6 heteroatoms. The predicted molar refractivity (Wildman–Crippen MR) is 55.3 cm³/mol. The van der Waals surface area contributed by atoms with Crippen LogP contribution in [-0.2, 0) is 9.59 Å². The Morgan fingerprint density at radius 3 is 2.65 bits per heavy atom. The fraction of sp³-hybridized carbons (Fsp3) is 0.182. The Labute approximate surface area is 95.5 Å². The molecule has 0 spiro atoms.